The first-order valence-electron chi connectivity index (χ1n) is 10.6. The molecular formula is C23H25F3N4O2. The highest BCUT2D eigenvalue weighted by atomic mass is 19.4. The predicted molar refractivity (Wildman–Crippen MR) is 111 cm³/mol. The van der Waals surface area contributed by atoms with Gasteiger partial charge in [0.25, 0.3) is 0 Å². The molecule has 1 atom stereocenters. The number of hydrogen-bond donors (Lipinski definition) is 0. The average Bonchev–Trinajstić information content (AvgIpc) is 3.14. The Kier molecular flexibility index (Phi) is 6.45. The molecule has 0 radical (unpaired) electrons. The zero-order chi connectivity index (χ0) is 22.7. The van der Waals surface area contributed by atoms with Crippen LogP contribution in [0.1, 0.15) is 23.1 Å². The van der Waals surface area contributed by atoms with E-state index < -0.39 is 17.7 Å². The van der Waals surface area contributed by atoms with Crippen molar-refractivity contribution in [1.29, 1.82) is 0 Å². The molecule has 1 aromatic heterocycles. The van der Waals surface area contributed by atoms with Gasteiger partial charge in [0.15, 0.2) is 0 Å². The summed E-state index contributed by atoms with van der Waals surface area (Å²) in [6.45, 7) is 3.82. The van der Waals surface area contributed by atoms with Crippen LogP contribution in [-0.4, -0.2) is 64.2 Å². The Hall–Kier alpha value is -2.94. The number of nitrogens with zero attached hydrogens (tertiary/aromatic N) is 4. The number of amides is 2. The van der Waals surface area contributed by atoms with Crippen LogP contribution in [0.5, 0.6) is 0 Å². The van der Waals surface area contributed by atoms with E-state index in [9.17, 15) is 22.8 Å². The number of rotatable bonds is 5. The largest absolute Gasteiger partial charge is 0.416 e. The second-order valence-corrected chi connectivity index (χ2v) is 8.33. The molecular weight excluding hydrogens is 421 g/mol. The molecule has 2 fully saturated rings. The number of halogens is 3. The van der Waals surface area contributed by atoms with E-state index in [0.717, 1.165) is 31.8 Å². The van der Waals surface area contributed by atoms with E-state index in [4.69, 9.17) is 0 Å². The van der Waals surface area contributed by atoms with Crippen LogP contribution in [0.25, 0.3) is 0 Å². The third-order valence-electron chi connectivity index (χ3n) is 6.03. The summed E-state index contributed by atoms with van der Waals surface area (Å²) in [5, 5.41) is 0. The molecule has 170 valence electrons. The van der Waals surface area contributed by atoms with E-state index in [1.165, 1.54) is 16.5 Å². The number of alkyl halides is 3. The molecule has 2 aliphatic rings. The Labute approximate surface area is 184 Å². The molecule has 0 N–H and O–H groups in total. The van der Waals surface area contributed by atoms with Crippen LogP contribution in [-0.2, 0) is 28.9 Å². The summed E-state index contributed by atoms with van der Waals surface area (Å²) in [5.74, 6) is -0.689. The summed E-state index contributed by atoms with van der Waals surface area (Å²) < 4.78 is 38.8. The topological polar surface area (TPSA) is 56.8 Å². The van der Waals surface area contributed by atoms with Crippen molar-refractivity contribution < 1.29 is 22.8 Å². The van der Waals surface area contributed by atoms with E-state index in [1.807, 2.05) is 12.1 Å². The maximum Gasteiger partial charge on any atom is 0.416 e. The van der Waals surface area contributed by atoms with Gasteiger partial charge in [-0.15, -0.1) is 0 Å². The summed E-state index contributed by atoms with van der Waals surface area (Å²) in [7, 11) is 0. The van der Waals surface area contributed by atoms with Crippen molar-refractivity contribution in [3.05, 3.63) is 65.5 Å². The fourth-order valence-electron chi connectivity index (χ4n) is 4.29. The number of likely N-dealkylation sites (tertiary alicyclic amines) is 1. The van der Waals surface area contributed by atoms with Gasteiger partial charge in [-0.3, -0.25) is 19.5 Å². The summed E-state index contributed by atoms with van der Waals surface area (Å²) in [5.41, 5.74) is 0.844. The van der Waals surface area contributed by atoms with E-state index in [0.29, 0.717) is 18.7 Å². The zero-order valence-electron chi connectivity index (χ0n) is 17.6. The molecule has 0 aliphatic carbocycles. The normalized spacial score (nSPS) is 20.1. The summed E-state index contributed by atoms with van der Waals surface area (Å²) in [4.78, 5) is 35.0. The van der Waals surface area contributed by atoms with Crippen molar-refractivity contribution in [2.45, 2.75) is 25.7 Å². The Morgan fingerprint density at radius 3 is 2.41 bits per heavy atom. The molecule has 0 saturated carbocycles. The molecule has 1 aromatic carbocycles. The van der Waals surface area contributed by atoms with Crippen molar-refractivity contribution in [2.75, 3.05) is 32.7 Å². The third kappa shape index (κ3) is 5.27. The minimum absolute atomic E-state index is 0.0477. The SMILES string of the molecule is O=C1CC(C(=O)N2CCN(Cc3ccncc3)CC2)CN1Cc1cccc(C(F)(F)F)c1. The van der Waals surface area contributed by atoms with Crippen LogP contribution in [0.3, 0.4) is 0 Å². The van der Waals surface area contributed by atoms with Gasteiger partial charge < -0.3 is 9.80 Å². The minimum atomic E-state index is -4.43. The Morgan fingerprint density at radius 1 is 1.00 bits per heavy atom. The molecule has 0 spiro atoms. The van der Waals surface area contributed by atoms with Gasteiger partial charge in [-0.05, 0) is 35.4 Å². The van der Waals surface area contributed by atoms with Gasteiger partial charge in [0.05, 0.1) is 11.5 Å². The first kappa shape index (κ1) is 22.3. The number of carbonyl (C=O) groups is 2. The second kappa shape index (κ2) is 9.28. The van der Waals surface area contributed by atoms with E-state index in [-0.39, 0.29) is 31.3 Å². The number of pyridine rings is 1. The molecule has 3 heterocycles. The highest BCUT2D eigenvalue weighted by molar-refractivity contribution is 5.89. The van der Waals surface area contributed by atoms with Gasteiger partial charge >= 0.3 is 6.18 Å². The molecule has 2 amide bonds. The number of carbonyl (C=O) groups excluding carboxylic acids is 2. The molecule has 4 rings (SSSR count). The summed E-state index contributed by atoms with van der Waals surface area (Å²) in [6.07, 6.45) is -0.799. The highest BCUT2D eigenvalue weighted by Gasteiger charge is 2.37. The molecule has 32 heavy (non-hydrogen) atoms. The van der Waals surface area contributed by atoms with Crippen molar-refractivity contribution in [3.63, 3.8) is 0 Å². The minimum Gasteiger partial charge on any atom is -0.340 e. The number of piperazine rings is 1. The standard InChI is InChI=1S/C23H25F3N4O2/c24-23(25,26)20-3-1-2-18(12-20)15-30-16-19(13-21(30)31)22(32)29-10-8-28(9-11-29)14-17-4-6-27-7-5-17/h1-7,12,19H,8-11,13-16H2. The monoisotopic (exact) mass is 446 g/mol. The van der Waals surface area contributed by atoms with Gasteiger partial charge in [-0.2, -0.15) is 13.2 Å². The van der Waals surface area contributed by atoms with Crippen molar-refractivity contribution in [3.8, 4) is 0 Å². The lowest BCUT2D eigenvalue weighted by atomic mass is 10.1. The third-order valence-corrected chi connectivity index (χ3v) is 6.03. The van der Waals surface area contributed by atoms with Crippen molar-refractivity contribution in [2.24, 2.45) is 5.92 Å². The zero-order valence-corrected chi connectivity index (χ0v) is 17.6. The van der Waals surface area contributed by atoms with Gasteiger partial charge in [0.2, 0.25) is 11.8 Å². The fourth-order valence-corrected chi connectivity index (χ4v) is 4.29. The summed E-state index contributed by atoms with van der Waals surface area (Å²) in [6, 6.07) is 8.92. The Morgan fingerprint density at radius 2 is 1.72 bits per heavy atom. The van der Waals surface area contributed by atoms with Crippen LogP contribution in [0.2, 0.25) is 0 Å². The average molecular weight is 446 g/mol. The predicted octanol–water partition coefficient (Wildman–Crippen LogP) is 2.79. The van der Waals surface area contributed by atoms with Gasteiger partial charge in [0.1, 0.15) is 0 Å². The Bertz CT molecular complexity index is 959. The van der Waals surface area contributed by atoms with E-state index >= 15 is 0 Å². The number of benzene rings is 1. The van der Waals surface area contributed by atoms with Crippen LogP contribution in [0.4, 0.5) is 13.2 Å². The van der Waals surface area contributed by atoms with Crippen LogP contribution in [0.15, 0.2) is 48.8 Å². The first-order chi connectivity index (χ1) is 15.3. The Balaban J connectivity index is 1.30. The van der Waals surface area contributed by atoms with Gasteiger partial charge in [-0.1, -0.05) is 12.1 Å². The lowest BCUT2D eigenvalue weighted by Crippen LogP contribution is -2.50. The van der Waals surface area contributed by atoms with Crippen LogP contribution < -0.4 is 0 Å². The van der Waals surface area contributed by atoms with Gasteiger partial charge in [0, 0.05) is 64.6 Å². The molecule has 9 heteroatoms. The summed E-state index contributed by atoms with van der Waals surface area (Å²) >= 11 is 0. The maximum absolute atomic E-state index is 13.0. The first-order valence-corrected chi connectivity index (χ1v) is 10.6. The molecule has 2 aliphatic heterocycles. The maximum atomic E-state index is 13.0. The second-order valence-electron chi connectivity index (χ2n) is 8.33. The molecule has 2 saturated heterocycles. The lowest BCUT2D eigenvalue weighted by molar-refractivity contribution is -0.138. The fraction of sp³-hybridized carbons (Fsp3) is 0.435. The number of hydrogen-bond acceptors (Lipinski definition) is 4. The van der Waals surface area contributed by atoms with E-state index in [2.05, 4.69) is 9.88 Å². The van der Waals surface area contributed by atoms with Crippen LogP contribution in [0, 0.1) is 5.92 Å². The highest BCUT2D eigenvalue weighted by Crippen LogP contribution is 2.30. The lowest BCUT2D eigenvalue weighted by Gasteiger charge is -2.35. The number of aromatic nitrogens is 1. The van der Waals surface area contributed by atoms with Crippen molar-refractivity contribution >= 4 is 11.8 Å². The molecule has 2 aromatic rings. The molecule has 0 bridgehead atoms. The quantitative estimate of drug-likeness (QED) is 0.709. The molecule has 6 nitrogen and oxygen atoms in total. The van der Waals surface area contributed by atoms with Gasteiger partial charge in [-0.25, -0.2) is 0 Å². The smallest absolute Gasteiger partial charge is 0.340 e. The molecule has 1 unspecified atom stereocenters. The van der Waals surface area contributed by atoms with Crippen molar-refractivity contribution in [1.82, 2.24) is 19.7 Å². The van der Waals surface area contributed by atoms with E-state index in [1.54, 1.807) is 23.4 Å². The van der Waals surface area contributed by atoms with Crippen LogP contribution >= 0.6 is 0 Å².